The minimum Gasteiger partial charge on any atom is -0.229 e. The van der Waals surface area contributed by atoms with E-state index in [1.807, 2.05) is 0 Å². The van der Waals surface area contributed by atoms with E-state index in [1.54, 1.807) is 6.92 Å². The summed E-state index contributed by atoms with van der Waals surface area (Å²) in [7, 11) is -7.01. The molecule has 108 valence electrons. The van der Waals surface area contributed by atoms with E-state index in [1.165, 1.54) is 6.07 Å². The fourth-order valence-electron chi connectivity index (χ4n) is 1.73. The van der Waals surface area contributed by atoms with E-state index in [2.05, 4.69) is 20.7 Å². The molecule has 0 radical (unpaired) electrons. The molecule has 2 atom stereocenters. The molecule has 1 aromatic heterocycles. The van der Waals surface area contributed by atoms with Crippen molar-refractivity contribution in [3.8, 4) is 0 Å². The first kappa shape index (κ1) is 15.7. The Bertz CT molecular complexity index is 678. The van der Waals surface area contributed by atoms with E-state index in [4.69, 9.17) is 11.6 Å². The summed E-state index contributed by atoms with van der Waals surface area (Å²) < 4.78 is 50.3. The lowest BCUT2D eigenvalue weighted by molar-refractivity contribution is 0.565. The molecule has 1 aliphatic rings. The summed E-state index contributed by atoms with van der Waals surface area (Å²) in [6.07, 6.45) is 0. The zero-order valence-electron chi connectivity index (χ0n) is 9.76. The average molecular weight is 409 g/mol. The highest BCUT2D eigenvalue weighted by Crippen LogP contribution is 2.31. The van der Waals surface area contributed by atoms with E-state index in [9.17, 15) is 16.8 Å². The SMILES string of the molecule is Cc1cc(S(=O)(=O)NC2CS(=O)(=O)CC2Cl)sc1Br. The molecule has 5 nitrogen and oxygen atoms in total. The standard InChI is InChI=1S/C9H11BrClNO4S3/c1-5-2-8(17-9(5)10)19(15,16)12-7-4-18(13,14)3-6(7)11/h2,6-7,12H,3-4H2,1H3. The zero-order valence-corrected chi connectivity index (χ0v) is 14.6. The van der Waals surface area contributed by atoms with Gasteiger partial charge in [0.05, 0.1) is 26.7 Å². The highest BCUT2D eigenvalue weighted by atomic mass is 79.9. The monoisotopic (exact) mass is 407 g/mol. The van der Waals surface area contributed by atoms with Crippen LogP contribution in [0.2, 0.25) is 0 Å². The first-order chi connectivity index (χ1) is 8.61. The molecule has 2 heterocycles. The van der Waals surface area contributed by atoms with Gasteiger partial charge in [-0.15, -0.1) is 22.9 Å². The van der Waals surface area contributed by atoms with Crippen LogP contribution in [0, 0.1) is 6.92 Å². The minimum atomic E-state index is -3.74. The third-order valence-corrected chi connectivity index (χ3v) is 9.16. The second-order valence-electron chi connectivity index (χ2n) is 4.34. The van der Waals surface area contributed by atoms with Gasteiger partial charge < -0.3 is 0 Å². The molecule has 1 N–H and O–H groups in total. The summed E-state index contributed by atoms with van der Waals surface area (Å²) >= 11 is 10.2. The van der Waals surface area contributed by atoms with E-state index in [0.29, 0.717) is 0 Å². The van der Waals surface area contributed by atoms with Crippen molar-refractivity contribution in [3.05, 3.63) is 15.4 Å². The number of hydrogen-bond donors (Lipinski definition) is 1. The third-order valence-electron chi connectivity index (χ3n) is 2.69. The number of alkyl halides is 1. The largest absolute Gasteiger partial charge is 0.250 e. The van der Waals surface area contributed by atoms with Crippen LogP contribution < -0.4 is 4.72 Å². The van der Waals surface area contributed by atoms with Crippen LogP contribution in [0.5, 0.6) is 0 Å². The summed E-state index contributed by atoms with van der Waals surface area (Å²) in [5.41, 5.74) is 0.812. The minimum absolute atomic E-state index is 0.144. The van der Waals surface area contributed by atoms with Crippen molar-refractivity contribution in [3.63, 3.8) is 0 Å². The van der Waals surface area contributed by atoms with Crippen LogP contribution in [0.25, 0.3) is 0 Å². The second-order valence-corrected chi connectivity index (χ2v) is 11.4. The lowest BCUT2D eigenvalue weighted by atomic mass is 10.3. The maximum absolute atomic E-state index is 12.1. The number of halogens is 2. The molecule has 1 fully saturated rings. The summed E-state index contributed by atoms with van der Waals surface area (Å²) in [6.45, 7) is 1.78. The molecular weight excluding hydrogens is 398 g/mol. The van der Waals surface area contributed by atoms with Crippen molar-refractivity contribution in [2.75, 3.05) is 11.5 Å². The van der Waals surface area contributed by atoms with Crippen LogP contribution in [-0.2, 0) is 19.9 Å². The fourth-order valence-corrected chi connectivity index (χ4v) is 7.98. The first-order valence-electron chi connectivity index (χ1n) is 5.23. The highest BCUT2D eigenvalue weighted by molar-refractivity contribution is 9.11. The van der Waals surface area contributed by atoms with Gasteiger partial charge in [0, 0.05) is 0 Å². The van der Waals surface area contributed by atoms with Gasteiger partial charge in [-0.3, -0.25) is 0 Å². The predicted molar refractivity (Wildman–Crippen MR) is 79.2 cm³/mol. The number of hydrogen-bond acceptors (Lipinski definition) is 5. The number of aryl methyl sites for hydroxylation is 1. The maximum atomic E-state index is 12.1. The van der Waals surface area contributed by atoms with Crippen molar-refractivity contribution in [2.45, 2.75) is 22.6 Å². The summed E-state index contributed by atoms with van der Waals surface area (Å²) in [5, 5.41) is -0.732. The van der Waals surface area contributed by atoms with Crippen LogP contribution in [0.15, 0.2) is 14.1 Å². The molecule has 0 amide bonds. The topological polar surface area (TPSA) is 80.3 Å². The molecule has 19 heavy (non-hydrogen) atoms. The summed E-state index contributed by atoms with van der Waals surface area (Å²) in [6, 6.07) is 0.752. The van der Waals surface area contributed by atoms with Crippen LogP contribution in [0.4, 0.5) is 0 Å². The molecule has 0 bridgehead atoms. The molecule has 0 spiro atoms. The smallest absolute Gasteiger partial charge is 0.229 e. The van der Waals surface area contributed by atoms with Gasteiger partial charge in [-0.25, -0.2) is 21.6 Å². The van der Waals surface area contributed by atoms with Crippen LogP contribution in [0.1, 0.15) is 5.56 Å². The Morgan fingerprint density at radius 3 is 2.53 bits per heavy atom. The number of thiophene rings is 1. The summed E-state index contributed by atoms with van der Waals surface area (Å²) in [5.74, 6) is -0.458. The van der Waals surface area contributed by atoms with Crippen molar-refractivity contribution in [1.82, 2.24) is 4.72 Å². The molecule has 0 saturated carbocycles. The molecule has 2 unspecified atom stereocenters. The Morgan fingerprint density at radius 2 is 2.11 bits per heavy atom. The molecule has 10 heteroatoms. The highest BCUT2D eigenvalue weighted by Gasteiger charge is 2.39. The second kappa shape index (κ2) is 5.27. The Morgan fingerprint density at radius 1 is 1.47 bits per heavy atom. The van der Waals surface area contributed by atoms with E-state index < -0.39 is 31.3 Å². The van der Waals surface area contributed by atoms with Gasteiger partial charge in [-0.2, -0.15) is 0 Å². The average Bonchev–Trinajstić information content (AvgIpc) is 2.68. The van der Waals surface area contributed by atoms with E-state index in [-0.39, 0.29) is 15.7 Å². The number of sulfonamides is 1. The number of sulfone groups is 1. The van der Waals surface area contributed by atoms with Gasteiger partial charge in [-0.05, 0) is 34.5 Å². The van der Waals surface area contributed by atoms with Crippen LogP contribution >= 0.6 is 38.9 Å². The van der Waals surface area contributed by atoms with Gasteiger partial charge in [0.15, 0.2) is 9.84 Å². The predicted octanol–water partition coefficient (Wildman–Crippen LogP) is 1.50. The lowest BCUT2D eigenvalue weighted by Gasteiger charge is -2.13. The van der Waals surface area contributed by atoms with Gasteiger partial charge in [0.1, 0.15) is 4.21 Å². The van der Waals surface area contributed by atoms with Gasteiger partial charge in [0.2, 0.25) is 10.0 Å². The van der Waals surface area contributed by atoms with Crippen molar-refractivity contribution in [1.29, 1.82) is 0 Å². The van der Waals surface area contributed by atoms with Crippen molar-refractivity contribution >= 4 is 58.7 Å². The molecule has 1 aliphatic heterocycles. The molecule has 2 rings (SSSR count). The van der Waals surface area contributed by atoms with Gasteiger partial charge in [0.25, 0.3) is 0 Å². The van der Waals surface area contributed by atoms with Gasteiger partial charge in [-0.1, -0.05) is 0 Å². The Hall–Kier alpha value is 0.330. The Kier molecular flexibility index (Phi) is 4.36. The van der Waals surface area contributed by atoms with Gasteiger partial charge >= 0.3 is 0 Å². The third kappa shape index (κ3) is 3.51. The quantitative estimate of drug-likeness (QED) is 0.769. The Labute approximate surface area is 129 Å². The molecular formula is C9H11BrClNO4S3. The summed E-state index contributed by atoms with van der Waals surface area (Å²) in [4.78, 5) is 0. The van der Waals surface area contributed by atoms with Crippen LogP contribution in [-0.4, -0.2) is 39.8 Å². The van der Waals surface area contributed by atoms with Crippen LogP contribution in [0.3, 0.4) is 0 Å². The zero-order chi connectivity index (χ0) is 14.4. The van der Waals surface area contributed by atoms with Crippen molar-refractivity contribution < 1.29 is 16.8 Å². The van der Waals surface area contributed by atoms with E-state index in [0.717, 1.165) is 20.7 Å². The van der Waals surface area contributed by atoms with E-state index >= 15 is 0 Å². The number of nitrogens with one attached hydrogen (secondary N) is 1. The molecule has 1 saturated heterocycles. The molecule has 0 aromatic carbocycles. The normalized spacial score (nSPS) is 26.7. The first-order valence-corrected chi connectivity index (χ1v) is 10.6. The van der Waals surface area contributed by atoms with Crippen molar-refractivity contribution in [2.24, 2.45) is 0 Å². The fraction of sp³-hybridized carbons (Fsp3) is 0.556. The molecule has 0 aliphatic carbocycles. The molecule has 1 aromatic rings. The number of rotatable bonds is 3. The maximum Gasteiger partial charge on any atom is 0.250 e. The lowest BCUT2D eigenvalue weighted by Crippen LogP contribution is -2.40. The Balaban J connectivity index is 2.23.